The molecule has 4 amide bonds. The molecule has 28 heavy (non-hydrogen) atoms. The molecule has 1 aromatic rings. The van der Waals surface area contributed by atoms with E-state index in [-0.39, 0.29) is 17.8 Å². The van der Waals surface area contributed by atoms with Gasteiger partial charge in [0, 0.05) is 27.2 Å². The number of hydrogen-bond acceptors (Lipinski definition) is 4. The highest BCUT2D eigenvalue weighted by Gasteiger charge is 2.50. The van der Waals surface area contributed by atoms with Crippen molar-refractivity contribution in [2.45, 2.75) is 32.4 Å². The normalized spacial score (nSPS) is 21.7. The highest BCUT2D eigenvalue weighted by Crippen LogP contribution is 2.34. The van der Waals surface area contributed by atoms with Crippen LogP contribution in [0.15, 0.2) is 42.1 Å². The summed E-state index contributed by atoms with van der Waals surface area (Å²) in [6, 6.07) is 9.62. The number of nitrogens with zero attached hydrogens (tertiary/aromatic N) is 3. The zero-order chi connectivity index (χ0) is 20.3. The van der Waals surface area contributed by atoms with Crippen molar-refractivity contribution in [3.05, 3.63) is 47.7 Å². The fraction of sp³-hybridized carbons (Fsp3) is 0.476. The van der Waals surface area contributed by atoms with E-state index in [1.54, 1.807) is 18.0 Å². The van der Waals surface area contributed by atoms with Crippen molar-refractivity contribution in [3.63, 3.8) is 0 Å². The van der Waals surface area contributed by atoms with Gasteiger partial charge in [-0.05, 0) is 24.5 Å². The summed E-state index contributed by atoms with van der Waals surface area (Å²) in [5, 5.41) is 2.96. The van der Waals surface area contributed by atoms with Gasteiger partial charge in [-0.1, -0.05) is 43.7 Å². The Morgan fingerprint density at radius 2 is 1.86 bits per heavy atom. The van der Waals surface area contributed by atoms with E-state index in [4.69, 9.17) is 0 Å². The van der Waals surface area contributed by atoms with Crippen molar-refractivity contribution >= 4 is 17.8 Å². The third-order valence-electron chi connectivity index (χ3n) is 5.42. The first-order valence-corrected chi connectivity index (χ1v) is 9.80. The molecule has 2 atom stereocenters. The van der Waals surface area contributed by atoms with Gasteiger partial charge in [-0.3, -0.25) is 14.5 Å². The first-order valence-electron chi connectivity index (χ1n) is 9.80. The van der Waals surface area contributed by atoms with Crippen LogP contribution in [0.3, 0.4) is 0 Å². The molecule has 2 heterocycles. The minimum absolute atomic E-state index is 0.197. The summed E-state index contributed by atoms with van der Waals surface area (Å²) in [5.41, 5.74) is 1.64. The lowest BCUT2D eigenvalue weighted by Crippen LogP contribution is -2.62. The molecule has 2 aliphatic heterocycles. The molecule has 7 heteroatoms. The molecule has 0 bridgehead atoms. The van der Waals surface area contributed by atoms with Crippen molar-refractivity contribution in [1.82, 2.24) is 20.0 Å². The maximum atomic E-state index is 12.9. The summed E-state index contributed by atoms with van der Waals surface area (Å²) in [7, 11) is 3.17. The summed E-state index contributed by atoms with van der Waals surface area (Å²) in [6.45, 7) is 3.22. The number of carbonyl (C=O) groups is 3. The first kappa shape index (κ1) is 19.9. The number of benzene rings is 1. The predicted octanol–water partition coefficient (Wildman–Crippen LogP) is 1.81. The molecule has 1 fully saturated rings. The van der Waals surface area contributed by atoms with E-state index in [0.29, 0.717) is 18.8 Å². The Kier molecular flexibility index (Phi) is 6.02. The Balaban J connectivity index is 1.74. The van der Waals surface area contributed by atoms with Crippen LogP contribution in [-0.4, -0.2) is 65.9 Å². The highest BCUT2D eigenvalue weighted by molar-refractivity contribution is 6.02. The van der Waals surface area contributed by atoms with Gasteiger partial charge in [0.25, 0.3) is 5.91 Å². The van der Waals surface area contributed by atoms with Gasteiger partial charge in [-0.25, -0.2) is 4.79 Å². The van der Waals surface area contributed by atoms with Crippen LogP contribution in [0.5, 0.6) is 0 Å². The molecule has 2 unspecified atom stereocenters. The lowest BCUT2D eigenvalue weighted by Gasteiger charge is -2.43. The summed E-state index contributed by atoms with van der Waals surface area (Å²) < 4.78 is 0. The van der Waals surface area contributed by atoms with Crippen LogP contribution in [0.1, 0.15) is 25.3 Å². The van der Waals surface area contributed by atoms with Crippen molar-refractivity contribution in [1.29, 1.82) is 0 Å². The van der Waals surface area contributed by atoms with E-state index >= 15 is 0 Å². The van der Waals surface area contributed by atoms with Gasteiger partial charge in [-0.2, -0.15) is 0 Å². The molecule has 0 saturated carbocycles. The molecule has 2 aliphatic rings. The number of imide groups is 1. The van der Waals surface area contributed by atoms with Crippen molar-refractivity contribution in [2.24, 2.45) is 5.92 Å². The molecule has 1 aromatic carbocycles. The molecular formula is C21H28N4O3. The summed E-state index contributed by atoms with van der Waals surface area (Å²) in [4.78, 5) is 42.5. The Hall–Kier alpha value is -2.83. The van der Waals surface area contributed by atoms with Crippen LogP contribution in [-0.2, 0) is 16.0 Å². The zero-order valence-corrected chi connectivity index (χ0v) is 16.7. The molecule has 0 aromatic heterocycles. The molecule has 0 aliphatic carbocycles. The van der Waals surface area contributed by atoms with E-state index in [1.807, 2.05) is 35.2 Å². The van der Waals surface area contributed by atoms with Crippen LogP contribution < -0.4 is 5.32 Å². The maximum Gasteiger partial charge on any atom is 0.327 e. The Morgan fingerprint density at radius 1 is 1.14 bits per heavy atom. The molecular weight excluding hydrogens is 356 g/mol. The molecule has 7 nitrogen and oxygen atoms in total. The minimum Gasteiger partial charge on any atom is -0.350 e. The average molecular weight is 384 g/mol. The van der Waals surface area contributed by atoms with Gasteiger partial charge in [0.1, 0.15) is 11.9 Å². The second-order valence-electron chi connectivity index (χ2n) is 7.32. The van der Waals surface area contributed by atoms with Gasteiger partial charge >= 0.3 is 6.03 Å². The van der Waals surface area contributed by atoms with E-state index in [0.717, 1.165) is 29.7 Å². The third-order valence-corrected chi connectivity index (χ3v) is 5.42. The summed E-state index contributed by atoms with van der Waals surface area (Å²) >= 11 is 0. The predicted molar refractivity (Wildman–Crippen MR) is 106 cm³/mol. The first-order chi connectivity index (χ1) is 13.5. The number of nitrogens with one attached hydrogen (secondary N) is 1. The fourth-order valence-electron chi connectivity index (χ4n) is 3.85. The maximum absolute atomic E-state index is 12.9. The molecule has 150 valence electrons. The molecule has 3 rings (SSSR count). The van der Waals surface area contributed by atoms with Gasteiger partial charge < -0.3 is 15.1 Å². The number of fused-ring (bicyclic) bond motifs is 1. The molecule has 1 N–H and O–H groups in total. The number of carbonyl (C=O) groups excluding carboxylic acids is 3. The molecule has 0 spiro atoms. The Morgan fingerprint density at radius 3 is 2.54 bits per heavy atom. The van der Waals surface area contributed by atoms with E-state index < -0.39 is 12.1 Å². The monoisotopic (exact) mass is 384 g/mol. The van der Waals surface area contributed by atoms with Crippen LogP contribution >= 0.6 is 0 Å². The zero-order valence-electron chi connectivity index (χ0n) is 16.7. The lowest BCUT2D eigenvalue weighted by atomic mass is 10.0. The second kappa shape index (κ2) is 8.46. The van der Waals surface area contributed by atoms with Crippen LogP contribution in [0, 0.1) is 5.92 Å². The van der Waals surface area contributed by atoms with Crippen LogP contribution in [0.25, 0.3) is 0 Å². The molecule has 0 radical (unpaired) electrons. The quantitative estimate of drug-likeness (QED) is 0.778. The van der Waals surface area contributed by atoms with Gasteiger partial charge in [-0.15, -0.1) is 0 Å². The minimum atomic E-state index is -0.514. The topological polar surface area (TPSA) is 73.0 Å². The van der Waals surface area contributed by atoms with E-state index in [9.17, 15) is 14.4 Å². The van der Waals surface area contributed by atoms with Crippen molar-refractivity contribution < 1.29 is 14.4 Å². The third kappa shape index (κ3) is 3.74. The SMILES string of the molecule is CCCCN1C(C(=O)NCCc2ccccc2)=CC2C(=O)N(C)C(=O)N(C)C21. The smallest absolute Gasteiger partial charge is 0.327 e. The van der Waals surface area contributed by atoms with E-state index in [1.165, 1.54) is 7.05 Å². The van der Waals surface area contributed by atoms with Crippen LogP contribution in [0.4, 0.5) is 4.79 Å². The van der Waals surface area contributed by atoms with Gasteiger partial charge in [0.05, 0.1) is 5.92 Å². The second-order valence-corrected chi connectivity index (χ2v) is 7.32. The summed E-state index contributed by atoms with van der Waals surface area (Å²) in [5.74, 6) is -0.973. The average Bonchev–Trinajstić information content (AvgIpc) is 3.09. The summed E-state index contributed by atoms with van der Waals surface area (Å²) in [6.07, 6.45) is 3.87. The Bertz CT molecular complexity index is 777. The Labute approximate surface area is 166 Å². The van der Waals surface area contributed by atoms with E-state index in [2.05, 4.69) is 12.2 Å². The van der Waals surface area contributed by atoms with Crippen molar-refractivity contribution in [2.75, 3.05) is 27.2 Å². The van der Waals surface area contributed by atoms with Crippen molar-refractivity contribution in [3.8, 4) is 0 Å². The standard InChI is InChI=1S/C21H28N4O3/c1-4-5-13-25-17(18(26)22-12-11-15-9-7-6-8-10-15)14-16-19(25)23(2)21(28)24(3)20(16)27/h6-10,14,16,19H,4-5,11-13H2,1-3H3,(H,22,26). The number of unbranched alkanes of at least 4 members (excludes halogenated alkanes) is 1. The number of urea groups is 1. The highest BCUT2D eigenvalue weighted by atomic mass is 16.2. The van der Waals surface area contributed by atoms with Gasteiger partial charge in [0.15, 0.2) is 0 Å². The largest absolute Gasteiger partial charge is 0.350 e. The number of hydrogen-bond donors (Lipinski definition) is 1. The number of rotatable bonds is 7. The lowest BCUT2D eigenvalue weighted by molar-refractivity contribution is -0.137. The van der Waals surface area contributed by atoms with Crippen LogP contribution in [0.2, 0.25) is 0 Å². The fourth-order valence-corrected chi connectivity index (χ4v) is 3.85. The number of amides is 4. The van der Waals surface area contributed by atoms with Gasteiger partial charge in [0.2, 0.25) is 5.91 Å². The molecule has 1 saturated heterocycles.